The number of amides is 1. The van der Waals surface area contributed by atoms with Gasteiger partial charge in [-0.15, -0.1) is 0 Å². The summed E-state index contributed by atoms with van der Waals surface area (Å²) in [6.45, 7) is 3.41. The number of alkyl halides is 3. The van der Waals surface area contributed by atoms with Crippen molar-refractivity contribution in [2.24, 2.45) is 0 Å². The Labute approximate surface area is 269 Å². The Kier molecular flexibility index (Phi) is 9.65. The van der Waals surface area contributed by atoms with Crippen LogP contribution in [0.3, 0.4) is 0 Å². The van der Waals surface area contributed by atoms with Crippen molar-refractivity contribution < 1.29 is 36.8 Å². The summed E-state index contributed by atoms with van der Waals surface area (Å²) in [7, 11) is 0. The van der Waals surface area contributed by atoms with E-state index in [1.807, 2.05) is 17.0 Å². The van der Waals surface area contributed by atoms with Crippen LogP contribution in [0.4, 0.5) is 28.9 Å². The molecule has 0 radical (unpaired) electrons. The van der Waals surface area contributed by atoms with Crippen LogP contribution in [-0.4, -0.2) is 78.2 Å². The zero-order chi connectivity index (χ0) is 33.1. The van der Waals surface area contributed by atoms with E-state index in [1.54, 1.807) is 12.1 Å². The highest BCUT2D eigenvalue weighted by Gasteiger charge is 2.38. The minimum absolute atomic E-state index is 0.0164. The van der Waals surface area contributed by atoms with E-state index in [4.69, 9.17) is 9.47 Å². The summed E-state index contributed by atoms with van der Waals surface area (Å²) in [5, 5.41) is 14.1. The molecule has 1 amide bonds. The van der Waals surface area contributed by atoms with Gasteiger partial charge in [-0.3, -0.25) is 19.8 Å². The van der Waals surface area contributed by atoms with Gasteiger partial charge >= 0.3 is 6.18 Å². The number of hydrogen-bond donors (Lipinski definition) is 1. The molecule has 2 aliphatic heterocycles. The molecule has 0 spiro atoms. The minimum atomic E-state index is -4.83. The van der Waals surface area contributed by atoms with Crippen LogP contribution < -0.4 is 10.1 Å². The molecule has 250 valence electrons. The van der Waals surface area contributed by atoms with Gasteiger partial charge in [0, 0.05) is 56.9 Å². The van der Waals surface area contributed by atoms with Gasteiger partial charge in [-0.2, -0.15) is 13.2 Å². The van der Waals surface area contributed by atoms with E-state index >= 15 is 0 Å². The van der Waals surface area contributed by atoms with Crippen LogP contribution in [0.25, 0.3) is 11.1 Å². The van der Waals surface area contributed by atoms with Crippen LogP contribution >= 0.6 is 0 Å². The zero-order valence-electron chi connectivity index (χ0n) is 25.7. The Morgan fingerprint density at radius 3 is 2.34 bits per heavy atom. The molecule has 3 aliphatic rings. The fraction of sp³-hybridized carbons (Fsp3) is 0.441. The van der Waals surface area contributed by atoms with Gasteiger partial charge in [-0.1, -0.05) is 18.2 Å². The van der Waals surface area contributed by atoms with E-state index in [9.17, 15) is 32.5 Å². The van der Waals surface area contributed by atoms with Crippen LogP contribution in [0.15, 0.2) is 60.7 Å². The van der Waals surface area contributed by atoms with E-state index in [1.165, 1.54) is 18.2 Å². The summed E-state index contributed by atoms with van der Waals surface area (Å²) in [6.07, 6.45) is -1.58. The van der Waals surface area contributed by atoms with Gasteiger partial charge in [-0.05, 0) is 78.8 Å². The molecular formula is C34H36F4N4O5. The van der Waals surface area contributed by atoms with Gasteiger partial charge in [0.05, 0.1) is 11.0 Å². The smallest absolute Gasteiger partial charge is 0.423 e. The molecule has 1 saturated carbocycles. The van der Waals surface area contributed by atoms with Crippen LogP contribution in [0, 0.1) is 15.9 Å². The third-order valence-electron chi connectivity index (χ3n) is 9.15. The Bertz CT molecular complexity index is 1590. The molecule has 1 aliphatic carbocycles. The number of ether oxygens (including phenoxy) is 2. The number of anilines is 1. The van der Waals surface area contributed by atoms with Crippen molar-refractivity contribution in [1.29, 1.82) is 0 Å². The second-order valence-corrected chi connectivity index (χ2v) is 12.4. The molecular weight excluding hydrogens is 620 g/mol. The monoisotopic (exact) mass is 656 g/mol. The van der Waals surface area contributed by atoms with Gasteiger partial charge in [-0.25, -0.2) is 4.39 Å². The van der Waals surface area contributed by atoms with E-state index in [2.05, 4.69) is 16.3 Å². The van der Waals surface area contributed by atoms with Gasteiger partial charge in [0.1, 0.15) is 29.8 Å². The number of halogens is 4. The molecule has 2 heterocycles. The average molecular weight is 657 g/mol. The van der Waals surface area contributed by atoms with Crippen molar-refractivity contribution in [3.8, 4) is 16.9 Å². The Morgan fingerprint density at radius 1 is 0.957 bits per heavy atom. The molecule has 3 aromatic carbocycles. The summed E-state index contributed by atoms with van der Waals surface area (Å²) < 4.78 is 65.4. The van der Waals surface area contributed by atoms with Crippen LogP contribution in [0.5, 0.6) is 5.75 Å². The second kappa shape index (κ2) is 13.9. The van der Waals surface area contributed by atoms with Crippen molar-refractivity contribution in [3.63, 3.8) is 0 Å². The van der Waals surface area contributed by atoms with Crippen molar-refractivity contribution in [1.82, 2.24) is 9.80 Å². The molecule has 2 fully saturated rings. The molecule has 0 bridgehead atoms. The number of piperazine rings is 1. The van der Waals surface area contributed by atoms with Crippen molar-refractivity contribution in [2.75, 3.05) is 44.6 Å². The number of nitrogens with zero attached hydrogens (tertiary/aromatic N) is 3. The summed E-state index contributed by atoms with van der Waals surface area (Å²) in [5.41, 5.74) is 1.05. The topological polar surface area (TPSA) is 97.2 Å². The van der Waals surface area contributed by atoms with Gasteiger partial charge in [0.15, 0.2) is 0 Å². The molecule has 1 unspecified atom stereocenters. The maximum atomic E-state index is 13.3. The van der Waals surface area contributed by atoms with E-state index in [-0.39, 0.29) is 42.3 Å². The average Bonchev–Trinajstić information content (AvgIpc) is 3.46. The maximum absolute atomic E-state index is 13.3. The number of benzene rings is 3. The lowest BCUT2D eigenvalue weighted by molar-refractivity contribution is -0.388. The first kappa shape index (κ1) is 32.7. The molecule has 1 saturated heterocycles. The molecule has 6 rings (SSSR count). The normalized spacial score (nSPS) is 21.6. The summed E-state index contributed by atoms with van der Waals surface area (Å²) in [6, 6.07) is 15.4. The van der Waals surface area contributed by atoms with Gasteiger partial charge < -0.3 is 19.7 Å². The van der Waals surface area contributed by atoms with E-state index in [0.29, 0.717) is 38.8 Å². The third kappa shape index (κ3) is 8.02. The first-order chi connectivity index (χ1) is 22.5. The van der Waals surface area contributed by atoms with E-state index < -0.39 is 22.4 Å². The summed E-state index contributed by atoms with van der Waals surface area (Å²) >= 11 is 0. The first-order valence-corrected chi connectivity index (χ1v) is 15.8. The minimum Gasteiger partial charge on any atom is -0.488 e. The molecule has 13 heteroatoms. The Balaban J connectivity index is 0.898. The van der Waals surface area contributed by atoms with Gasteiger partial charge in [0.25, 0.3) is 5.69 Å². The molecule has 9 nitrogen and oxygen atoms in total. The molecule has 1 N–H and O–H groups in total. The number of nitro benzene ring substituents is 1. The summed E-state index contributed by atoms with van der Waals surface area (Å²) in [4.78, 5) is 27.0. The van der Waals surface area contributed by atoms with Crippen LogP contribution in [0.2, 0.25) is 0 Å². The van der Waals surface area contributed by atoms with E-state index in [0.717, 1.165) is 60.6 Å². The number of nitrogens with one attached hydrogen (secondary N) is 1. The molecule has 0 aromatic heterocycles. The molecule has 47 heavy (non-hydrogen) atoms. The molecule has 3 aromatic rings. The Morgan fingerprint density at radius 2 is 1.66 bits per heavy atom. The third-order valence-corrected chi connectivity index (χ3v) is 9.15. The number of rotatable bonds is 9. The summed E-state index contributed by atoms with van der Waals surface area (Å²) in [5.74, 6) is 0.549. The SMILES string of the molecule is O=C(COC1CCC(Nc2ccc([N+](=O)[O-])c(C(F)(F)F)c2)CC1)N1CCN(CC2Cc3cc(-c4ccc(F)cc4)ccc3O2)CC1. The lowest BCUT2D eigenvalue weighted by Crippen LogP contribution is -2.51. The fourth-order valence-electron chi connectivity index (χ4n) is 6.61. The zero-order valence-corrected chi connectivity index (χ0v) is 25.7. The van der Waals surface area contributed by atoms with Crippen LogP contribution in [0.1, 0.15) is 36.8 Å². The molecule has 1 atom stereocenters. The highest BCUT2D eigenvalue weighted by Crippen LogP contribution is 2.38. The largest absolute Gasteiger partial charge is 0.488 e. The number of hydrogen-bond acceptors (Lipinski definition) is 7. The number of fused-ring (bicyclic) bond motifs is 1. The Hall–Kier alpha value is -4.23. The van der Waals surface area contributed by atoms with Crippen molar-refractivity contribution >= 4 is 17.3 Å². The standard InChI is InChI=1S/C34H36F4N4O5/c35-25-4-1-22(2-5-25)23-3-12-32-24(17-23)18-29(47-32)20-40-13-15-41(16-14-40)33(43)21-46-28-9-6-26(7-10-28)39-27-8-11-31(42(44)45)30(19-27)34(36,37)38/h1-5,8,11-12,17,19,26,28-29,39H,6-7,9-10,13-16,18,20-21H2. The lowest BCUT2D eigenvalue weighted by atomic mass is 9.92. The maximum Gasteiger partial charge on any atom is 0.423 e. The van der Waals surface area contributed by atoms with Gasteiger partial charge in [0.2, 0.25) is 5.91 Å². The van der Waals surface area contributed by atoms with Crippen LogP contribution in [-0.2, 0) is 22.1 Å². The fourth-order valence-corrected chi connectivity index (χ4v) is 6.61. The number of carbonyl (C=O) groups excluding carboxylic acids is 1. The van der Waals surface area contributed by atoms with Crippen molar-refractivity contribution in [3.05, 3.63) is 87.7 Å². The predicted molar refractivity (Wildman–Crippen MR) is 167 cm³/mol. The predicted octanol–water partition coefficient (Wildman–Crippen LogP) is 6.31. The highest BCUT2D eigenvalue weighted by atomic mass is 19.4. The highest BCUT2D eigenvalue weighted by molar-refractivity contribution is 5.77. The quantitative estimate of drug-likeness (QED) is 0.164. The lowest BCUT2D eigenvalue weighted by Gasteiger charge is -2.36. The number of nitro groups is 1. The number of carbonyl (C=O) groups is 1. The van der Waals surface area contributed by atoms with Crippen molar-refractivity contribution in [2.45, 2.75) is 56.5 Å². The second-order valence-electron chi connectivity index (χ2n) is 12.4. The first-order valence-electron chi connectivity index (χ1n) is 15.8.